The Balaban J connectivity index is 1.50. The van der Waals surface area contributed by atoms with Crippen molar-refractivity contribution in [1.29, 1.82) is 0 Å². The van der Waals surface area contributed by atoms with Gasteiger partial charge in [0.25, 0.3) is 5.91 Å². The Morgan fingerprint density at radius 2 is 1.76 bits per heavy atom. The van der Waals surface area contributed by atoms with Gasteiger partial charge in [0, 0.05) is 53.2 Å². The first-order valence-electron chi connectivity index (χ1n) is 10.4. The van der Waals surface area contributed by atoms with Crippen LogP contribution in [0.4, 0.5) is 11.5 Å². The Bertz CT molecular complexity index is 1450. The summed E-state index contributed by atoms with van der Waals surface area (Å²) in [5.41, 5.74) is 4.07. The van der Waals surface area contributed by atoms with Crippen molar-refractivity contribution in [2.24, 2.45) is 0 Å². The van der Waals surface area contributed by atoms with Gasteiger partial charge < -0.3 is 10.2 Å². The number of fused-ring (bicyclic) bond motifs is 1. The van der Waals surface area contributed by atoms with E-state index in [0.717, 1.165) is 22.6 Å². The number of aromatic nitrogens is 5. The van der Waals surface area contributed by atoms with Crippen molar-refractivity contribution in [3.05, 3.63) is 94.4 Å². The SMILES string of the molecule is CN(Cc1ccc(Cl)cc1)c1cc(-c2cn[nH]c2)n2nc(C(=O)Nc3ccc(Cl)cc3)cc2n1. The second kappa shape index (κ2) is 9.17. The fourth-order valence-corrected chi connectivity index (χ4v) is 3.79. The van der Waals surface area contributed by atoms with Crippen LogP contribution in [0.1, 0.15) is 16.1 Å². The molecule has 0 saturated heterocycles. The minimum atomic E-state index is -0.345. The first-order chi connectivity index (χ1) is 16.5. The van der Waals surface area contributed by atoms with E-state index in [1.165, 1.54) is 0 Å². The summed E-state index contributed by atoms with van der Waals surface area (Å²) < 4.78 is 1.64. The molecule has 0 atom stereocenters. The predicted octanol–water partition coefficient (Wildman–Crippen LogP) is 5.31. The van der Waals surface area contributed by atoms with Crippen LogP contribution < -0.4 is 10.2 Å². The van der Waals surface area contributed by atoms with Crippen molar-refractivity contribution >= 4 is 46.3 Å². The summed E-state index contributed by atoms with van der Waals surface area (Å²) in [6.45, 7) is 0.628. The fraction of sp³-hybridized carbons (Fsp3) is 0.0833. The van der Waals surface area contributed by atoms with E-state index in [4.69, 9.17) is 28.2 Å². The molecule has 34 heavy (non-hydrogen) atoms. The van der Waals surface area contributed by atoms with Crippen LogP contribution in [0.15, 0.2) is 73.1 Å². The Labute approximate surface area is 205 Å². The van der Waals surface area contributed by atoms with E-state index in [2.05, 4.69) is 20.6 Å². The summed E-state index contributed by atoms with van der Waals surface area (Å²) in [5, 5.41) is 15.5. The van der Waals surface area contributed by atoms with Crippen LogP contribution in [-0.2, 0) is 6.54 Å². The number of anilines is 2. The third-order valence-corrected chi connectivity index (χ3v) is 5.77. The van der Waals surface area contributed by atoms with E-state index in [1.807, 2.05) is 42.3 Å². The molecule has 10 heteroatoms. The van der Waals surface area contributed by atoms with Gasteiger partial charge in [0.1, 0.15) is 5.82 Å². The molecule has 1 amide bonds. The molecular formula is C24H19Cl2N7O. The van der Waals surface area contributed by atoms with Crippen molar-refractivity contribution in [3.8, 4) is 11.3 Å². The minimum Gasteiger partial charge on any atom is -0.355 e. The van der Waals surface area contributed by atoms with Crippen LogP contribution in [0.5, 0.6) is 0 Å². The quantitative estimate of drug-likeness (QED) is 0.335. The van der Waals surface area contributed by atoms with Gasteiger partial charge in [-0.2, -0.15) is 10.2 Å². The highest BCUT2D eigenvalue weighted by Gasteiger charge is 2.18. The number of rotatable bonds is 6. The first kappa shape index (κ1) is 21.9. The topological polar surface area (TPSA) is 91.2 Å². The van der Waals surface area contributed by atoms with Gasteiger partial charge in [0.05, 0.1) is 11.9 Å². The zero-order chi connectivity index (χ0) is 23.7. The maximum absolute atomic E-state index is 12.9. The second-order valence-corrected chi connectivity index (χ2v) is 8.60. The van der Waals surface area contributed by atoms with Gasteiger partial charge in [-0.25, -0.2) is 9.50 Å². The molecule has 170 valence electrons. The molecule has 0 aliphatic carbocycles. The highest BCUT2D eigenvalue weighted by molar-refractivity contribution is 6.30. The van der Waals surface area contributed by atoms with Crippen molar-refractivity contribution in [1.82, 2.24) is 24.8 Å². The number of H-pyrrole nitrogens is 1. The molecule has 2 N–H and O–H groups in total. The Morgan fingerprint density at radius 1 is 1.06 bits per heavy atom. The first-order valence-corrected chi connectivity index (χ1v) is 11.1. The van der Waals surface area contributed by atoms with E-state index < -0.39 is 0 Å². The zero-order valence-corrected chi connectivity index (χ0v) is 19.5. The van der Waals surface area contributed by atoms with Crippen molar-refractivity contribution in [3.63, 3.8) is 0 Å². The largest absolute Gasteiger partial charge is 0.355 e. The summed E-state index contributed by atoms with van der Waals surface area (Å²) in [7, 11) is 1.96. The molecule has 0 aliphatic rings. The minimum absolute atomic E-state index is 0.240. The number of carbonyl (C=O) groups excluding carboxylic acids is 1. The number of halogens is 2. The lowest BCUT2D eigenvalue weighted by molar-refractivity contribution is 0.102. The lowest BCUT2D eigenvalue weighted by atomic mass is 10.2. The maximum atomic E-state index is 12.9. The van der Waals surface area contributed by atoms with Crippen molar-refractivity contribution in [2.75, 3.05) is 17.3 Å². The van der Waals surface area contributed by atoms with E-state index in [-0.39, 0.29) is 11.6 Å². The molecule has 0 radical (unpaired) electrons. The molecule has 5 rings (SSSR count). The lowest BCUT2D eigenvalue weighted by Gasteiger charge is -2.19. The molecule has 0 fully saturated rings. The number of aromatic amines is 1. The van der Waals surface area contributed by atoms with Crippen molar-refractivity contribution < 1.29 is 4.79 Å². The highest BCUT2D eigenvalue weighted by atomic mass is 35.5. The lowest BCUT2D eigenvalue weighted by Crippen LogP contribution is -2.18. The monoisotopic (exact) mass is 491 g/mol. The number of hydrogen-bond donors (Lipinski definition) is 2. The Morgan fingerprint density at radius 3 is 2.44 bits per heavy atom. The highest BCUT2D eigenvalue weighted by Crippen LogP contribution is 2.25. The number of hydrogen-bond acceptors (Lipinski definition) is 5. The predicted molar refractivity (Wildman–Crippen MR) is 134 cm³/mol. The third-order valence-electron chi connectivity index (χ3n) is 5.27. The average Bonchev–Trinajstić information content (AvgIpc) is 3.51. The van der Waals surface area contributed by atoms with Crippen LogP contribution in [0.2, 0.25) is 10.0 Å². The molecule has 0 spiro atoms. The summed E-state index contributed by atoms with van der Waals surface area (Å²) >= 11 is 11.9. The van der Waals surface area contributed by atoms with Crippen LogP contribution >= 0.6 is 23.2 Å². The normalized spacial score (nSPS) is 11.0. The number of nitrogens with zero attached hydrogens (tertiary/aromatic N) is 5. The van der Waals surface area contributed by atoms with Gasteiger partial charge in [0.2, 0.25) is 0 Å². The van der Waals surface area contributed by atoms with Gasteiger partial charge in [0.15, 0.2) is 11.3 Å². The number of carbonyl (C=O) groups is 1. The van der Waals surface area contributed by atoms with E-state index in [1.54, 1.807) is 47.2 Å². The van der Waals surface area contributed by atoms with E-state index in [0.29, 0.717) is 27.9 Å². The van der Waals surface area contributed by atoms with Gasteiger partial charge in [-0.1, -0.05) is 35.3 Å². The summed E-state index contributed by atoms with van der Waals surface area (Å²) in [5.74, 6) is 0.380. The van der Waals surface area contributed by atoms with Crippen LogP contribution in [0.25, 0.3) is 16.9 Å². The van der Waals surface area contributed by atoms with Gasteiger partial charge in [-0.05, 0) is 42.0 Å². The molecule has 0 saturated carbocycles. The fourth-order valence-electron chi connectivity index (χ4n) is 3.54. The van der Waals surface area contributed by atoms with E-state index in [9.17, 15) is 4.79 Å². The molecule has 8 nitrogen and oxygen atoms in total. The number of nitrogens with one attached hydrogen (secondary N) is 2. The molecule has 2 aromatic carbocycles. The number of amides is 1. The molecule has 0 aliphatic heterocycles. The maximum Gasteiger partial charge on any atom is 0.276 e. The van der Waals surface area contributed by atoms with Crippen LogP contribution in [0.3, 0.4) is 0 Å². The average molecular weight is 492 g/mol. The summed E-state index contributed by atoms with van der Waals surface area (Å²) in [4.78, 5) is 19.6. The number of benzene rings is 2. The molecule has 3 heterocycles. The third kappa shape index (κ3) is 4.59. The van der Waals surface area contributed by atoms with Crippen LogP contribution in [-0.4, -0.2) is 37.8 Å². The van der Waals surface area contributed by atoms with Crippen LogP contribution in [0, 0.1) is 0 Å². The van der Waals surface area contributed by atoms with E-state index >= 15 is 0 Å². The molecule has 3 aromatic heterocycles. The summed E-state index contributed by atoms with van der Waals surface area (Å²) in [6.07, 6.45) is 3.47. The zero-order valence-electron chi connectivity index (χ0n) is 18.0. The van der Waals surface area contributed by atoms with Gasteiger partial charge in [-0.3, -0.25) is 9.89 Å². The molecule has 5 aromatic rings. The standard InChI is InChI=1S/C24H19Cl2N7O/c1-32(14-15-2-4-17(25)5-3-15)22-11-21(16-12-27-28-13-16)33-23(30-22)10-20(31-33)24(34)29-19-8-6-18(26)7-9-19/h2-13H,14H2,1H3,(H,27,28)(H,29,34). The van der Waals surface area contributed by atoms with Gasteiger partial charge in [-0.15, -0.1) is 0 Å². The molecule has 0 unspecified atom stereocenters. The van der Waals surface area contributed by atoms with Gasteiger partial charge >= 0.3 is 0 Å². The Hall–Kier alpha value is -3.88. The second-order valence-electron chi connectivity index (χ2n) is 7.73. The molecule has 0 bridgehead atoms. The van der Waals surface area contributed by atoms with Crippen molar-refractivity contribution in [2.45, 2.75) is 6.54 Å². The Kier molecular flexibility index (Phi) is 5.91. The molecular weight excluding hydrogens is 473 g/mol. The summed E-state index contributed by atoms with van der Waals surface area (Å²) in [6, 6.07) is 18.1. The smallest absolute Gasteiger partial charge is 0.276 e.